The van der Waals surface area contributed by atoms with Crippen LogP contribution in [0.3, 0.4) is 0 Å². The van der Waals surface area contributed by atoms with E-state index in [2.05, 4.69) is 4.90 Å². The Morgan fingerprint density at radius 3 is 2.75 bits per heavy atom. The molecule has 0 aromatic carbocycles. The minimum absolute atomic E-state index is 0.454. The zero-order valence-electron chi connectivity index (χ0n) is 9.57. The molecular weight excluding hydrogens is 224 g/mol. The van der Waals surface area contributed by atoms with E-state index in [-0.39, 0.29) is 0 Å². The molecule has 2 rings (SSSR count). The molecule has 0 aliphatic carbocycles. The molecule has 1 aliphatic heterocycles. The summed E-state index contributed by atoms with van der Waals surface area (Å²) in [5.41, 5.74) is 6.69. The number of nitrogens with zero attached hydrogens (tertiary/aromatic N) is 1. The molecule has 1 aromatic heterocycles. The fourth-order valence-electron chi connectivity index (χ4n) is 1.92. The predicted octanol–water partition coefficient (Wildman–Crippen LogP) is 0.611. The number of rotatable bonds is 3. The Kier molecular flexibility index (Phi) is 3.78. The lowest BCUT2D eigenvalue weighted by Crippen LogP contribution is -2.37. The largest absolute Gasteiger partial charge is 0.463 e. The lowest BCUT2D eigenvalue weighted by Gasteiger charge is -2.24. The van der Waals surface area contributed by atoms with Crippen molar-refractivity contribution in [2.45, 2.75) is 20.0 Å². The second kappa shape index (κ2) is 5.12. The van der Waals surface area contributed by atoms with Crippen LogP contribution in [-0.4, -0.2) is 33.7 Å². The molecule has 0 amide bonds. The van der Waals surface area contributed by atoms with E-state index in [1.165, 1.54) is 0 Å². The zero-order chi connectivity index (χ0) is 11.5. The van der Waals surface area contributed by atoms with Crippen LogP contribution in [0.5, 0.6) is 0 Å². The van der Waals surface area contributed by atoms with Gasteiger partial charge in [-0.3, -0.25) is 9.11 Å². The first-order chi connectivity index (χ1) is 7.69. The molecule has 0 atom stereocenters. The lowest BCUT2D eigenvalue weighted by atomic mass is 10.2. The third-order valence-corrected chi connectivity index (χ3v) is 4.18. The molecule has 90 valence electrons. The van der Waals surface area contributed by atoms with Gasteiger partial charge in [0, 0.05) is 35.4 Å². The SMILES string of the molecule is Cc1cc(CN2CCS(=O)CC2)oc1CN. The van der Waals surface area contributed by atoms with Crippen molar-refractivity contribution < 1.29 is 8.63 Å². The van der Waals surface area contributed by atoms with Gasteiger partial charge in [0.05, 0.1) is 13.1 Å². The molecule has 0 spiro atoms. The van der Waals surface area contributed by atoms with Crippen molar-refractivity contribution in [2.24, 2.45) is 5.73 Å². The number of hydrogen-bond donors (Lipinski definition) is 1. The maximum Gasteiger partial charge on any atom is 0.120 e. The fourth-order valence-corrected chi connectivity index (χ4v) is 3.05. The lowest BCUT2D eigenvalue weighted by molar-refractivity contribution is 0.262. The molecule has 0 bridgehead atoms. The minimum Gasteiger partial charge on any atom is -0.463 e. The van der Waals surface area contributed by atoms with Gasteiger partial charge in [0.1, 0.15) is 11.5 Å². The molecule has 0 radical (unpaired) electrons. The number of nitrogens with two attached hydrogens (primary N) is 1. The quantitative estimate of drug-likeness (QED) is 0.843. The van der Waals surface area contributed by atoms with Crippen molar-refractivity contribution in [3.63, 3.8) is 0 Å². The van der Waals surface area contributed by atoms with Crippen molar-refractivity contribution in [3.8, 4) is 0 Å². The predicted molar refractivity (Wildman–Crippen MR) is 64.5 cm³/mol. The van der Waals surface area contributed by atoms with Crippen LogP contribution in [-0.2, 0) is 23.9 Å². The van der Waals surface area contributed by atoms with Crippen LogP contribution in [0.4, 0.5) is 0 Å². The summed E-state index contributed by atoms with van der Waals surface area (Å²) in [4.78, 5) is 2.28. The Balaban J connectivity index is 1.95. The highest BCUT2D eigenvalue weighted by atomic mass is 32.2. The third-order valence-electron chi connectivity index (χ3n) is 2.91. The molecule has 0 unspecified atom stereocenters. The summed E-state index contributed by atoms with van der Waals surface area (Å²) in [6, 6.07) is 2.05. The number of hydrogen-bond acceptors (Lipinski definition) is 4. The van der Waals surface area contributed by atoms with Crippen LogP contribution in [0.2, 0.25) is 0 Å². The van der Waals surface area contributed by atoms with Gasteiger partial charge in [0.2, 0.25) is 0 Å². The smallest absolute Gasteiger partial charge is 0.120 e. The van der Waals surface area contributed by atoms with Gasteiger partial charge in [-0.05, 0) is 18.6 Å². The second-order valence-electron chi connectivity index (χ2n) is 4.15. The van der Waals surface area contributed by atoms with Gasteiger partial charge in [0.15, 0.2) is 0 Å². The summed E-state index contributed by atoms with van der Waals surface area (Å²) >= 11 is 0. The summed E-state index contributed by atoms with van der Waals surface area (Å²) in [7, 11) is -0.612. The Morgan fingerprint density at radius 2 is 2.19 bits per heavy atom. The Morgan fingerprint density at radius 1 is 1.50 bits per heavy atom. The van der Waals surface area contributed by atoms with E-state index in [1.54, 1.807) is 0 Å². The maximum absolute atomic E-state index is 11.2. The van der Waals surface area contributed by atoms with Gasteiger partial charge in [-0.15, -0.1) is 0 Å². The molecule has 0 saturated carbocycles. The molecule has 1 fully saturated rings. The first-order valence-corrected chi connectivity index (χ1v) is 7.03. The average molecular weight is 242 g/mol. The topological polar surface area (TPSA) is 59.5 Å². The van der Waals surface area contributed by atoms with Gasteiger partial charge in [-0.1, -0.05) is 0 Å². The van der Waals surface area contributed by atoms with Crippen molar-refractivity contribution in [1.29, 1.82) is 0 Å². The standard InChI is InChI=1S/C11H18N2O2S/c1-9-6-10(15-11(9)7-12)8-13-2-4-16(14)5-3-13/h6H,2-5,7-8,12H2,1H3. The minimum atomic E-state index is -0.612. The van der Waals surface area contributed by atoms with Crippen LogP contribution in [0.1, 0.15) is 17.1 Å². The van der Waals surface area contributed by atoms with E-state index in [0.29, 0.717) is 6.54 Å². The molecular formula is C11H18N2O2S. The summed E-state index contributed by atoms with van der Waals surface area (Å²) in [6.07, 6.45) is 0. The highest BCUT2D eigenvalue weighted by Gasteiger charge is 2.17. The Labute approximate surface area is 98.2 Å². The first-order valence-electron chi connectivity index (χ1n) is 5.54. The van der Waals surface area contributed by atoms with Crippen molar-refractivity contribution in [2.75, 3.05) is 24.6 Å². The Hall–Kier alpha value is -0.650. The van der Waals surface area contributed by atoms with Crippen molar-refractivity contribution >= 4 is 10.8 Å². The van der Waals surface area contributed by atoms with Crippen LogP contribution in [0, 0.1) is 6.92 Å². The second-order valence-corrected chi connectivity index (χ2v) is 5.84. The van der Waals surface area contributed by atoms with Gasteiger partial charge in [0.25, 0.3) is 0 Å². The van der Waals surface area contributed by atoms with Crippen molar-refractivity contribution in [3.05, 3.63) is 23.2 Å². The molecule has 5 heteroatoms. The zero-order valence-corrected chi connectivity index (χ0v) is 10.4. The van der Waals surface area contributed by atoms with E-state index < -0.39 is 10.8 Å². The van der Waals surface area contributed by atoms with Gasteiger partial charge < -0.3 is 10.2 Å². The molecule has 1 saturated heterocycles. The summed E-state index contributed by atoms with van der Waals surface area (Å²) < 4.78 is 16.9. The number of aryl methyl sites for hydroxylation is 1. The monoisotopic (exact) mass is 242 g/mol. The van der Waals surface area contributed by atoms with Gasteiger partial charge in [-0.25, -0.2) is 0 Å². The summed E-state index contributed by atoms with van der Waals surface area (Å²) in [5, 5.41) is 0. The van der Waals surface area contributed by atoms with E-state index in [9.17, 15) is 4.21 Å². The highest BCUT2D eigenvalue weighted by Crippen LogP contribution is 2.16. The first kappa shape index (κ1) is 11.8. The third kappa shape index (κ3) is 2.72. The van der Waals surface area contributed by atoms with E-state index in [4.69, 9.17) is 10.2 Å². The normalized spacial score (nSPS) is 19.1. The Bertz CT molecular complexity index is 379. The fraction of sp³-hybridized carbons (Fsp3) is 0.636. The van der Waals surface area contributed by atoms with Crippen LogP contribution in [0.25, 0.3) is 0 Å². The highest BCUT2D eigenvalue weighted by molar-refractivity contribution is 7.85. The molecule has 16 heavy (non-hydrogen) atoms. The van der Waals surface area contributed by atoms with Crippen LogP contribution >= 0.6 is 0 Å². The maximum atomic E-state index is 11.2. The molecule has 1 aromatic rings. The molecule has 2 heterocycles. The number of furan rings is 1. The van der Waals surface area contributed by atoms with Crippen LogP contribution in [0.15, 0.2) is 10.5 Å². The van der Waals surface area contributed by atoms with E-state index in [1.807, 2.05) is 13.0 Å². The van der Waals surface area contributed by atoms with Crippen LogP contribution < -0.4 is 5.73 Å². The molecule has 1 aliphatic rings. The summed E-state index contributed by atoms with van der Waals surface area (Å²) in [6.45, 7) is 5.06. The van der Waals surface area contributed by atoms with E-state index in [0.717, 1.165) is 48.2 Å². The summed E-state index contributed by atoms with van der Waals surface area (Å²) in [5.74, 6) is 3.40. The van der Waals surface area contributed by atoms with E-state index >= 15 is 0 Å². The van der Waals surface area contributed by atoms with Gasteiger partial charge in [-0.2, -0.15) is 0 Å². The van der Waals surface area contributed by atoms with Gasteiger partial charge >= 0.3 is 0 Å². The molecule has 4 nitrogen and oxygen atoms in total. The molecule has 2 N–H and O–H groups in total. The average Bonchev–Trinajstić information content (AvgIpc) is 2.62. The van der Waals surface area contributed by atoms with Crippen molar-refractivity contribution in [1.82, 2.24) is 4.90 Å².